The third kappa shape index (κ3) is 4.31. The molecule has 1 N–H and O–H groups in total. The molecule has 1 unspecified atom stereocenters. The monoisotopic (exact) mass is 503 g/mol. The molecule has 1 aliphatic rings. The highest BCUT2D eigenvalue weighted by Crippen LogP contribution is 2.51. The van der Waals surface area contributed by atoms with Gasteiger partial charge in [0.2, 0.25) is 11.7 Å². The Morgan fingerprint density at radius 1 is 1.08 bits per heavy atom. The van der Waals surface area contributed by atoms with Crippen molar-refractivity contribution in [2.75, 3.05) is 28.4 Å². The minimum atomic E-state index is -0.664. The summed E-state index contributed by atoms with van der Waals surface area (Å²) in [7, 11) is 6.32. The Labute approximate surface area is 215 Å². The molecular weight excluding hydrogens is 474 g/mol. The Balaban J connectivity index is 1.85. The number of amides is 1. The zero-order valence-corrected chi connectivity index (χ0v) is 22.1. The molecule has 8 heteroatoms. The standard InChI is InChI=1S/C28H29N3O4S/c1-7-8-17-9-19(15-30-14-17)20-12-23(36-16-20)28(2)13-24(29)31(3)27(32)25(28)18-10-21(33-4)26(35-6)22(11-18)34-5/h9-12,14-16,25,29H,13H2,1-6H3/t25?,28-/m1/s1. The van der Waals surface area contributed by atoms with E-state index >= 15 is 0 Å². The summed E-state index contributed by atoms with van der Waals surface area (Å²) in [5.41, 5.74) is 2.89. The number of rotatable bonds is 6. The van der Waals surface area contributed by atoms with E-state index in [0.29, 0.717) is 23.7 Å². The summed E-state index contributed by atoms with van der Waals surface area (Å²) in [4.78, 5) is 20.5. The third-order valence-corrected chi connectivity index (χ3v) is 7.89. The first-order valence-corrected chi connectivity index (χ1v) is 12.3. The molecule has 1 fully saturated rings. The number of nitrogens with one attached hydrogen (secondary N) is 1. The van der Waals surface area contributed by atoms with Crippen LogP contribution >= 0.6 is 11.3 Å². The molecule has 0 radical (unpaired) electrons. The molecule has 1 amide bonds. The van der Waals surface area contributed by atoms with Crippen LogP contribution in [0.1, 0.15) is 42.2 Å². The van der Waals surface area contributed by atoms with Gasteiger partial charge in [-0.2, -0.15) is 0 Å². The van der Waals surface area contributed by atoms with Crippen molar-refractivity contribution in [1.29, 1.82) is 5.41 Å². The topological polar surface area (TPSA) is 84.7 Å². The van der Waals surface area contributed by atoms with E-state index in [-0.39, 0.29) is 11.7 Å². The van der Waals surface area contributed by atoms with Gasteiger partial charge in [0.1, 0.15) is 5.84 Å². The van der Waals surface area contributed by atoms with Crippen LogP contribution in [0.5, 0.6) is 17.2 Å². The molecule has 36 heavy (non-hydrogen) atoms. The smallest absolute Gasteiger partial charge is 0.236 e. The van der Waals surface area contributed by atoms with E-state index in [1.54, 1.807) is 52.8 Å². The molecule has 7 nitrogen and oxygen atoms in total. The predicted octanol–water partition coefficient (Wildman–Crippen LogP) is 5.09. The number of piperidine rings is 1. The van der Waals surface area contributed by atoms with Gasteiger partial charge in [-0.3, -0.25) is 15.2 Å². The number of pyridine rings is 1. The number of thiophene rings is 1. The van der Waals surface area contributed by atoms with Crippen molar-refractivity contribution in [2.45, 2.75) is 31.6 Å². The third-order valence-electron chi connectivity index (χ3n) is 6.68. The summed E-state index contributed by atoms with van der Waals surface area (Å²) in [5, 5.41) is 10.6. The number of nitrogens with zero attached hydrogens (tertiary/aromatic N) is 2. The van der Waals surface area contributed by atoms with Crippen LogP contribution in [0.3, 0.4) is 0 Å². The van der Waals surface area contributed by atoms with Gasteiger partial charge in [0, 0.05) is 47.3 Å². The van der Waals surface area contributed by atoms with Gasteiger partial charge in [-0.05, 0) is 47.7 Å². The largest absolute Gasteiger partial charge is 0.493 e. The first-order chi connectivity index (χ1) is 17.3. The van der Waals surface area contributed by atoms with Gasteiger partial charge >= 0.3 is 0 Å². The predicted molar refractivity (Wildman–Crippen MR) is 141 cm³/mol. The number of benzene rings is 1. The molecule has 3 heterocycles. The summed E-state index contributed by atoms with van der Waals surface area (Å²) < 4.78 is 16.6. The highest BCUT2D eigenvalue weighted by molar-refractivity contribution is 7.10. The van der Waals surface area contributed by atoms with Crippen LogP contribution in [0.4, 0.5) is 0 Å². The summed E-state index contributed by atoms with van der Waals surface area (Å²) in [5.74, 6) is 6.96. The molecule has 0 bridgehead atoms. The Bertz CT molecular complexity index is 1360. The second-order valence-electron chi connectivity index (χ2n) is 8.87. The average Bonchev–Trinajstić information content (AvgIpc) is 3.38. The molecule has 3 aromatic rings. The molecule has 2 aromatic heterocycles. The van der Waals surface area contributed by atoms with E-state index in [9.17, 15) is 4.79 Å². The van der Waals surface area contributed by atoms with Gasteiger partial charge in [-0.15, -0.1) is 17.3 Å². The molecule has 0 spiro atoms. The SMILES string of the molecule is CC#Cc1cncc(-c2csc([C@@]3(C)CC(=N)N(C)C(=O)C3c3cc(OC)c(OC)c(OC)c3)c2)c1. The molecule has 186 valence electrons. The molecule has 2 atom stereocenters. The normalized spacial score (nSPS) is 19.5. The van der Waals surface area contributed by atoms with Crippen molar-refractivity contribution < 1.29 is 19.0 Å². The van der Waals surface area contributed by atoms with Crippen molar-refractivity contribution in [3.63, 3.8) is 0 Å². The number of ether oxygens (including phenoxy) is 3. The van der Waals surface area contributed by atoms with Gasteiger partial charge < -0.3 is 19.1 Å². The van der Waals surface area contributed by atoms with Gasteiger partial charge in [0.05, 0.1) is 27.2 Å². The minimum absolute atomic E-state index is 0.153. The molecule has 1 saturated heterocycles. The lowest BCUT2D eigenvalue weighted by atomic mass is 9.67. The van der Waals surface area contributed by atoms with E-state index in [4.69, 9.17) is 19.6 Å². The van der Waals surface area contributed by atoms with Crippen LogP contribution < -0.4 is 14.2 Å². The average molecular weight is 504 g/mol. The van der Waals surface area contributed by atoms with Crippen molar-refractivity contribution in [3.8, 4) is 40.2 Å². The highest BCUT2D eigenvalue weighted by atomic mass is 32.1. The maximum absolute atomic E-state index is 13.7. The van der Waals surface area contributed by atoms with Crippen LogP contribution in [-0.4, -0.2) is 50.0 Å². The number of likely N-dealkylation sites (N-methyl/N-ethyl adjacent to an activating group) is 1. The lowest BCUT2D eigenvalue weighted by molar-refractivity contribution is -0.131. The molecule has 0 aliphatic carbocycles. The van der Waals surface area contributed by atoms with Crippen molar-refractivity contribution in [1.82, 2.24) is 9.88 Å². The van der Waals surface area contributed by atoms with Crippen molar-refractivity contribution >= 4 is 23.1 Å². The van der Waals surface area contributed by atoms with Crippen LogP contribution in [0.2, 0.25) is 0 Å². The maximum atomic E-state index is 13.7. The number of amidine groups is 1. The summed E-state index contributed by atoms with van der Waals surface area (Å²) in [6.07, 6.45) is 3.95. The Morgan fingerprint density at radius 3 is 2.39 bits per heavy atom. The first-order valence-electron chi connectivity index (χ1n) is 11.4. The van der Waals surface area contributed by atoms with E-state index in [0.717, 1.165) is 27.1 Å². The van der Waals surface area contributed by atoms with Gasteiger partial charge in [0.15, 0.2) is 11.5 Å². The zero-order valence-electron chi connectivity index (χ0n) is 21.3. The maximum Gasteiger partial charge on any atom is 0.236 e. The zero-order chi connectivity index (χ0) is 26.0. The number of hydrogen-bond acceptors (Lipinski definition) is 7. The lowest BCUT2D eigenvalue weighted by Crippen LogP contribution is -2.51. The summed E-state index contributed by atoms with van der Waals surface area (Å²) in [6.45, 7) is 3.85. The van der Waals surface area contributed by atoms with Gasteiger partial charge in [-0.25, -0.2) is 0 Å². The lowest BCUT2D eigenvalue weighted by Gasteiger charge is -2.44. The number of carbonyl (C=O) groups excluding carboxylic acids is 1. The fourth-order valence-electron chi connectivity index (χ4n) is 4.77. The Morgan fingerprint density at radius 2 is 1.78 bits per heavy atom. The second kappa shape index (κ2) is 10.0. The van der Waals surface area contributed by atoms with E-state index in [1.807, 2.05) is 31.3 Å². The number of aromatic nitrogens is 1. The van der Waals surface area contributed by atoms with Crippen molar-refractivity contribution in [2.24, 2.45) is 0 Å². The minimum Gasteiger partial charge on any atom is -0.493 e. The Hall–Kier alpha value is -3.83. The van der Waals surface area contributed by atoms with Crippen LogP contribution in [0.15, 0.2) is 42.0 Å². The van der Waals surface area contributed by atoms with Gasteiger partial charge in [0.25, 0.3) is 0 Å². The number of hydrogen-bond donors (Lipinski definition) is 1. The second-order valence-corrected chi connectivity index (χ2v) is 9.78. The molecule has 4 rings (SSSR count). The van der Waals surface area contributed by atoms with Gasteiger partial charge in [-0.1, -0.05) is 12.8 Å². The number of likely N-dealkylation sites (tertiary alicyclic amines) is 1. The van der Waals surface area contributed by atoms with Crippen LogP contribution in [-0.2, 0) is 10.2 Å². The van der Waals surface area contributed by atoms with E-state index in [1.165, 1.54) is 4.90 Å². The molecule has 0 saturated carbocycles. The first kappa shape index (κ1) is 25.3. The quantitative estimate of drug-likeness (QED) is 0.474. The number of carbonyl (C=O) groups is 1. The van der Waals surface area contributed by atoms with Crippen LogP contribution in [0, 0.1) is 17.3 Å². The van der Waals surface area contributed by atoms with Crippen LogP contribution in [0.25, 0.3) is 11.1 Å². The van der Waals surface area contributed by atoms with E-state index in [2.05, 4.69) is 28.3 Å². The Kier molecular flexibility index (Phi) is 7.04. The van der Waals surface area contributed by atoms with E-state index < -0.39 is 11.3 Å². The van der Waals surface area contributed by atoms with Crippen molar-refractivity contribution in [3.05, 3.63) is 58.0 Å². The fraction of sp³-hybridized carbons (Fsp3) is 0.321. The molecule has 1 aliphatic heterocycles. The summed E-state index contributed by atoms with van der Waals surface area (Å²) >= 11 is 1.58. The summed E-state index contributed by atoms with van der Waals surface area (Å²) in [6, 6.07) is 7.77. The molecular formula is C28H29N3O4S. The highest BCUT2D eigenvalue weighted by Gasteiger charge is 2.49. The number of methoxy groups -OCH3 is 3. The fourth-order valence-corrected chi connectivity index (χ4v) is 5.89. The molecule has 1 aromatic carbocycles.